The molecule has 0 bridgehead atoms. The van der Waals surface area contributed by atoms with Crippen molar-refractivity contribution in [3.8, 4) is 11.5 Å². The molecule has 108 valence electrons. The Kier molecular flexibility index (Phi) is 4.16. The molecule has 0 atom stereocenters. The first-order chi connectivity index (χ1) is 9.74. The molecule has 0 aromatic heterocycles. The minimum absolute atomic E-state index is 0.110. The van der Waals surface area contributed by atoms with Gasteiger partial charge in [-0.3, -0.25) is 4.79 Å². The first kappa shape index (κ1) is 13.7. The van der Waals surface area contributed by atoms with Crippen LogP contribution in [0.25, 0.3) is 0 Å². The largest absolute Gasteiger partial charge is 0.486 e. The molecule has 1 aromatic carbocycles. The molecule has 2 aliphatic rings. The number of fused-ring (bicyclic) bond motifs is 1. The Morgan fingerprint density at radius 1 is 1.15 bits per heavy atom. The first-order valence-electron chi connectivity index (χ1n) is 7.36. The second-order valence-electron chi connectivity index (χ2n) is 5.59. The third-order valence-corrected chi connectivity index (χ3v) is 4.50. The summed E-state index contributed by atoms with van der Waals surface area (Å²) in [6, 6.07) is 3.42. The molecule has 1 heterocycles. The highest BCUT2D eigenvalue weighted by Crippen LogP contribution is 2.36. The fourth-order valence-corrected chi connectivity index (χ4v) is 3.31. The smallest absolute Gasteiger partial charge is 0.164 e. The van der Waals surface area contributed by atoms with Gasteiger partial charge >= 0.3 is 0 Å². The monoisotopic (exact) mass is 294 g/mol. The van der Waals surface area contributed by atoms with Crippen LogP contribution in [-0.2, 0) is 0 Å². The number of hydrogen-bond donors (Lipinski definition) is 0. The van der Waals surface area contributed by atoms with E-state index in [-0.39, 0.29) is 5.78 Å². The van der Waals surface area contributed by atoms with Gasteiger partial charge in [-0.05, 0) is 18.4 Å². The van der Waals surface area contributed by atoms with Crippen molar-refractivity contribution in [3.05, 3.63) is 22.7 Å². The number of Topliss-reactive ketones (excluding diaryl/α,β-unsaturated/α-hetero) is 1. The summed E-state index contributed by atoms with van der Waals surface area (Å²) in [6.07, 6.45) is 6.70. The van der Waals surface area contributed by atoms with Gasteiger partial charge in [0, 0.05) is 18.1 Å². The molecule has 3 nitrogen and oxygen atoms in total. The van der Waals surface area contributed by atoms with Crippen LogP contribution in [0.15, 0.2) is 12.1 Å². The Hall–Kier alpha value is -1.22. The molecule has 4 heteroatoms. The van der Waals surface area contributed by atoms with Crippen LogP contribution in [0.2, 0.25) is 5.02 Å². The van der Waals surface area contributed by atoms with Gasteiger partial charge in [-0.1, -0.05) is 37.3 Å². The van der Waals surface area contributed by atoms with Gasteiger partial charge in [0.05, 0.1) is 5.02 Å². The van der Waals surface area contributed by atoms with Crippen LogP contribution in [0.3, 0.4) is 0 Å². The number of ether oxygens (including phenoxy) is 2. The van der Waals surface area contributed by atoms with E-state index < -0.39 is 0 Å². The number of hydrogen-bond acceptors (Lipinski definition) is 3. The molecule has 0 spiro atoms. The Bertz CT molecular complexity index is 507. The van der Waals surface area contributed by atoms with Crippen molar-refractivity contribution in [2.45, 2.75) is 38.5 Å². The van der Waals surface area contributed by atoms with Crippen molar-refractivity contribution >= 4 is 17.4 Å². The van der Waals surface area contributed by atoms with Gasteiger partial charge in [-0.2, -0.15) is 0 Å². The van der Waals surface area contributed by atoms with Crippen LogP contribution >= 0.6 is 11.6 Å². The van der Waals surface area contributed by atoms with Crippen molar-refractivity contribution < 1.29 is 14.3 Å². The van der Waals surface area contributed by atoms with Crippen LogP contribution < -0.4 is 9.47 Å². The molecule has 20 heavy (non-hydrogen) atoms. The maximum Gasteiger partial charge on any atom is 0.164 e. The van der Waals surface area contributed by atoms with E-state index in [1.54, 1.807) is 12.1 Å². The molecule has 1 saturated carbocycles. The van der Waals surface area contributed by atoms with E-state index in [2.05, 4.69) is 0 Å². The summed E-state index contributed by atoms with van der Waals surface area (Å²) in [4.78, 5) is 12.3. The lowest BCUT2D eigenvalue weighted by Crippen LogP contribution is -2.16. The minimum Gasteiger partial charge on any atom is -0.486 e. The lowest BCUT2D eigenvalue weighted by atomic mass is 9.97. The molecule has 0 saturated heterocycles. The maximum absolute atomic E-state index is 12.3. The quantitative estimate of drug-likeness (QED) is 0.778. The second-order valence-corrected chi connectivity index (χ2v) is 6.00. The highest BCUT2D eigenvalue weighted by molar-refractivity contribution is 6.34. The average molecular weight is 295 g/mol. The summed E-state index contributed by atoms with van der Waals surface area (Å²) in [5.74, 6) is 2.09. The molecule has 0 unspecified atom stereocenters. The molecule has 0 amide bonds. The summed E-state index contributed by atoms with van der Waals surface area (Å²) in [5.41, 5.74) is 0.564. The van der Waals surface area contributed by atoms with Gasteiger partial charge in [0.2, 0.25) is 0 Å². The normalized spacial score (nSPS) is 18.2. The Balaban J connectivity index is 1.70. The zero-order valence-corrected chi connectivity index (χ0v) is 12.2. The molecule has 0 N–H and O–H groups in total. The Morgan fingerprint density at radius 3 is 2.50 bits per heavy atom. The number of rotatable bonds is 4. The predicted molar refractivity (Wildman–Crippen MR) is 78.0 cm³/mol. The summed E-state index contributed by atoms with van der Waals surface area (Å²) in [6.45, 7) is 1.04. The summed E-state index contributed by atoms with van der Waals surface area (Å²) < 4.78 is 11.0. The van der Waals surface area contributed by atoms with E-state index in [0.29, 0.717) is 41.7 Å². The van der Waals surface area contributed by atoms with E-state index in [1.165, 1.54) is 25.7 Å². The number of carbonyl (C=O) groups excluding carboxylic acids is 1. The van der Waals surface area contributed by atoms with E-state index >= 15 is 0 Å². The minimum atomic E-state index is 0.110. The highest BCUT2D eigenvalue weighted by atomic mass is 35.5. The Morgan fingerprint density at radius 2 is 1.80 bits per heavy atom. The molecule has 3 rings (SSSR count). The predicted octanol–water partition coefficient (Wildman–Crippen LogP) is 4.26. The number of ketones is 1. The van der Waals surface area contributed by atoms with Crippen LogP contribution in [0.4, 0.5) is 0 Å². The van der Waals surface area contributed by atoms with Crippen LogP contribution in [0.5, 0.6) is 11.5 Å². The molecular formula is C16H19ClO3. The zero-order chi connectivity index (χ0) is 13.9. The van der Waals surface area contributed by atoms with Crippen molar-refractivity contribution in [3.63, 3.8) is 0 Å². The van der Waals surface area contributed by atoms with Crippen LogP contribution in [0.1, 0.15) is 48.9 Å². The maximum atomic E-state index is 12.3. The lowest BCUT2D eigenvalue weighted by Gasteiger charge is -2.19. The number of carbonyl (C=O) groups is 1. The van der Waals surface area contributed by atoms with E-state index in [9.17, 15) is 4.79 Å². The molecule has 1 aromatic rings. The molecule has 1 aliphatic carbocycles. The van der Waals surface area contributed by atoms with Crippen LogP contribution in [0, 0.1) is 5.92 Å². The standard InChI is InChI=1S/C16H19ClO3/c17-13-10-16-15(19-7-8-20-16)9-12(13)14(18)6-5-11-3-1-2-4-11/h9-11H,1-8H2. The van der Waals surface area contributed by atoms with Gasteiger partial charge in [0.15, 0.2) is 17.3 Å². The Labute approximate surface area is 124 Å². The summed E-state index contributed by atoms with van der Waals surface area (Å²) >= 11 is 6.20. The third kappa shape index (κ3) is 2.93. The van der Waals surface area contributed by atoms with Crippen molar-refractivity contribution in [2.24, 2.45) is 5.92 Å². The average Bonchev–Trinajstić information content (AvgIpc) is 2.97. The van der Waals surface area contributed by atoms with Gasteiger partial charge in [-0.25, -0.2) is 0 Å². The third-order valence-electron chi connectivity index (χ3n) is 4.19. The highest BCUT2D eigenvalue weighted by Gasteiger charge is 2.21. The van der Waals surface area contributed by atoms with Crippen LogP contribution in [-0.4, -0.2) is 19.0 Å². The summed E-state index contributed by atoms with van der Waals surface area (Å²) in [7, 11) is 0. The van der Waals surface area contributed by atoms with Gasteiger partial charge in [0.1, 0.15) is 13.2 Å². The number of halogens is 1. The van der Waals surface area contributed by atoms with E-state index in [1.807, 2.05) is 0 Å². The zero-order valence-electron chi connectivity index (χ0n) is 11.5. The molecule has 0 radical (unpaired) electrons. The van der Waals surface area contributed by atoms with E-state index in [0.717, 1.165) is 12.3 Å². The van der Waals surface area contributed by atoms with Crippen molar-refractivity contribution in [1.29, 1.82) is 0 Å². The second kappa shape index (κ2) is 6.04. The van der Waals surface area contributed by atoms with E-state index in [4.69, 9.17) is 21.1 Å². The molecule has 1 aliphatic heterocycles. The molecular weight excluding hydrogens is 276 g/mol. The fraction of sp³-hybridized carbons (Fsp3) is 0.562. The van der Waals surface area contributed by atoms with Gasteiger partial charge in [-0.15, -0.1) is 0 Å². The summed E-state index contributed by atoms with van der Waals surface area (Å²) in [5, 5.41) is 0.464. The van der Waals surface area contributed by atoms with Crippen molar-refractivity contribution in [1.82, 2.24) is 0 Å². The number of benzene rings is 1. The fourth-order valence-electron chi connectivity index (χ4n) is 3.05. The SMILES string of the molecule is O=C(CCC1CCCC1)c1cc2c(cc1Cl)OCCO2. The lowest BCUT2D eigenvalue weighted by molar-refractivity contribution is 0.0973. The van der Waals surface area contributed by atoms with Gasteiger partial charge < -0.3 is 9.47 Å². The van der Waals surface area contributed by atoms with Crippen molar-refractivity contribution in [2.75, 3.05) is 13.2 Å². The van der Waals surface area contributed by atoms with Gasteiger partial charge in [0.25, 0.3) is 0 Å². The molecule has 1 fully saturated rings. The first-order valence-corrected chi connectivity index (χ1v) is 7.74. The topological polar surface area (TPSA) is 35.5 Å².